The molecule has 1 aromatic heterocycles. The number of rotatable bonds is 0. The summed E-state index contributed by atoms with van der Waals surface area (Å²) in [6.45, 7) is 0. The first-order valence-electron chi connectivity index (χ1n) is 5.66. The van der Waals surface area contributed by atoms with Gasteiger partial charge in [-0.15, -0.1) is 0 Å². The lowest BCUT2D eigenvalue weighted by Gasteiger charge is -2.26. The standard InChI is InChI=1S/C13H15N3/c14-10-5-6-11(15)13-9(10)7-8-3-1-2-4-12(8)16-13/h1-4,7,10-11H,5-6,14-15H2/t10-,11+/m0/s1. The molecule has 1 heterocycles. The molecule has 2 atom stereocenters. The summed E-state index contributed by atoms with van der Waals surface area (Å²) in [7, 11) is 0. The number of hydrogen-bond acceptors (Lipinski definition) is 3. The van der Waals surface area contributed by atoms with Crippen LogP contribution in [0.4, 0.5) is 0 Å². The number of nitrogens with zero attached hydrogens (tertiary/aromatic N) is 1. The van der Waals surface area contributed by atoms with E-state index < -0.39 is 0 Å². The number of pyridine rings is 1. The normalized spacial score (nSPS) is 24.4. The average Bonchev–Trinajstić information content (AvgIpc) is 2.32. The van der Waals surface area contributed by atoms with Crippen molar-refractivity contribution in [1.82, 2.24) is 4.98 Å². The zero-order chi connectivity index (χ0) is 11.1. The summed E-state index contributed by atoms with van der Waals surface area (Å²) in [5.74, 6) is 0. The first-order chi connectivity index (χ1) is 7.75. The highest BCUT2D eigenvalue weighted by Gasteiger charge is 2.24. The van der Waals surface area contributed by atoms with Crippen molar-refractivity contribution in [3.05, 3.63) is 41.6 Å². The zero-order valence-electron chi connectivity index (χ0n) is 9.06. The lowest BCUT2D eigenvalue weighted by Crippen LogP contribution is -2.25. The monoisotopic (exact) mass is 213 g/mol. The lowest BCUT2D eigenvalue weighted by molar-refractivity contribution is 0.491. The van der Waals surface area contributed by atoms with E-state index in [0.29, 0.717) is 0 Å². The van der Waals surface area contributed by atoms with Crippen molar-refractivity contribution in [2.24, 2.45) is 11.5 Å². The Balaban J connectivity index is 2.28. The second-order valence-electron chi connectivity index (χ2n) is 4.45. The van der Waals surface area contributed by atoms with Crippen LogP contribution in [0.1, 0.15) is 36.2 Å². The van der Waals surface area contributed by atoms with Crippen LogP contribution in [0, 0.1) is 0 Å². The van der Waals surface area contributed by atoms with Gasteiger partial charge in [0.05, 0.1) is 11.2 Å². The SMILES string of the molecule is N[C@@H]1CC[C@H](N)c2cc3ccccc3nc21. The van der Waals surface area contributed by atoms with E-state index in [1.165, 1.54) is 0 Å². The van der Waals surface area contributed by atoms with Gasteiger partial charge >= 0.3 is 0 Å². The van der Waals surface area contributed by atoms with E-state index >= 15 is 0 Å². The van der Waals surface area contributed by atoms with Crippen molar-refractivity contribution < 1.29 is 0 Å². The van der Waals surface area contributed by atoms with Crippen molar-refractivity contribution in [3.8, 4) is 0 Å². The molecule has 0 unspecified atom stereocenters. The zero-order valence-corrected chi connectivity index (χ0v) is 9.06. The van der Waals surface area contributed by atoms with E-state index in [9.17, 15) is 0 Å². The molecule has 0 aliphatic heterocycles. The maximum atomic E-state index is 6.10. The molecule has 0 radical (unpaired) electrons. The van der Waals surface area contributed by atoms with Crippen LogP contribution in [-0.4, -0.2) is 4.98 Å². The summed E-state index contributed by atoms with van der Waals surface area (Å²) in [5.41, 5.74) is 15.3. The van der Waals surface area contributed by atoms with Crippen LogP contribution in [0.5, 0.6) is 0 Å². The fourth-order valence-electron chi connectivity index (χ4n) is 2.39. The first-order valence-corrected chi connectivity index (χ1v) is 5.66. The number of fused-ring (bicyclic) bond motifs is 2. The van der Waals surface area contributed by atoms with Gasteiger partial charge in [0.2, 0.25) is 0 Å². The van der Waals surface area contributed by atoms with Crippen LogP contribution in [-0.2, 0) is 0 Å². The van der Waals surface area contributed by atoms with Crippen LogP contribution in [0.15, 0.2) is 30.3 Å². The van der Waals surface area contributed by atoms with E-state index in [1.807, 2.05) is 18.2 Å². The van der Waals surface area contributed by atoms with E-state index in [-0.39, 0.29) is 12.1 Å². The van der Waals surface area contributed by atoms with E-state index in [0.717, 1.165) is 35.0 Å². The molecule has 16 heavy (non-hydrogen) atoms. The smallest absolute Gasteiger partial charge is 0.0706 e. The molecule has 0 fully saturated rings. The molecule has 82 valence electrons. The van der Waals surface area contributed by atoms with Gasteiger partial charge in [0, 0.05) is 17.5 Å². The van der Waals surface area contributed by atoms with Gasteiger partial charge in [-0.1, -0.05) is 18.2 Å². The molecule has 3 rings (SSSR count). The third-order valence-electron chi connectivity index (χ3n) is 3.32. The number of hydrogen-bond donors (Lipinski definition) is 2. The van der Waals surface area contributed by atoms with E-state index in [1.54, 1.807) is 0 Å². The van der Waals surface area contributed by atoms with Crippen LogP contribution < -0.4 is 11.5 Å². The molecule has 0 saturated heterocycles. The molecule has 1 aromatic carbocycles. The van der Waals surface area contributed by atoms with Gasteiger partial charge in [0.15, 0.2) is 0 Å². The number of aromatic nitrogens is 1. The Hall–Kier alpha value is -1.45. The Labute approximate surface area is 94.5 Å². The van der Waals surface area contributed by atoms with Crippen molar-refractivity contribution in [2.75, 3.05) is 0 Å². The Morgan fingerprint density at radius 3 is 2.69 bits per heavy atom. The number of nitrogens with two attached hydrogens (primary N) is 2. The molecule has 3 nitrogen and oxygen atoms in total. The van der Waals surface area contributed by atoms with Crippen LogP contribution >= 0.6 is 0 Å². The highest BCUT2D eigenvalue weighted by atomic mass is 14.8. The third kappa shape index (κ3) is 1.40. The second-order valence-corrected chi connectivity index (χ2v) is 4.45. The predicted octanol–water partition coefficient (Wildman–Crippen LogP) is 2.03. The van der Waals surface area contributed by atoms with Crippen molar-refractivity contribution >= 4 is 10.9 Å². The third-order valence-corrected chi connectivity index (χ3v) is 3.32. The Morgan fingerprint density at radius 2 is 1.81 bits per heavy atom. The molecule has 1 aliphatic rings. The summed E-state index contributed by atoms with van der Waals surface area (Å²) in [6, 6.07) is 10.4. The Kier molecular flexibility index (Phi) is 2.16. The van der Waals surface area contributed by atoms with Gasteiger partial charge < -0.3 is 11.5 Å². The molecule has 3 heteroatoms. The second kappa shape index (κ2) is 3.54. The minimum absolute atomic E-state index is 0.0411. The van der Waals surface area contributed by atoms with Crippen molar-refractivity contribution in [1.29, 1.82) is 0 Å². The summed E-state index contributed by atoms with van der Waals surface area (Å²) in [5, 5.41) is 1.14. The minimum atomic E-state index is 0.0411. The van der Waals surface area contributed by atoms with Crippen LogP contribution in [0.3, 0.4) is 0 Å². The Morgan fingerprint density at radius 1 is 1.06 bits per heavy atom. The number of para-hydroxylation sites is 1. The molecule has 4 N–H and O–H groups in total. The summed E-state index contributed by atoms with van der Waals surface area (Å²) >= 11 is 0. The molecule has 0 amide bonds. The molecule has 2 aromatic rings. The Bertz CT molecular complexity index is 487. The fraction of sp³-hybridized carbons (Fsp3) is 0.308. The minimum Gasteiger partial charge on any atom is -0.324 e. The van der Waals surface area contributed by atoms with E-state index in [4.69, 9.17) is 11.5 Å². The van der Waals surface area contributed by atoms with Gasteiger partial charge in [-0.3, -0.25) is 4.98 Å². The van der Waals surface area contributed by atoms with Crippen molar-refractivity contribution in [3.63, 3.8) is 0 Å². The predicted molar refractivity (Wildman–Crippen MR) is 64.8 cm³/mol. The molecule has 0 saturated carbocycles. The maximum absolute atomic E-state index is 6.10. The van der Waals surface area contributed by atoms with Crippen LogP contribution in [0.2, 0.25) is 0 Å². The van der Waals surface area contributed by atoms with Gasteiger partial charge in [0.25, 0.3) is 0 Å². The lowest BCUT2D eigenvalue weighted by atomic mass is 9.88. The number of benzene rings is 1. The molecular weight excluding hydrogens is 198 g/mol. The quantitative estimate of drug-likeness (QED) is 0.703. The van der Waals surface area contributed by atoms with Gasteiger partial charge in [-0.05, 0) is 30.5 Å². The van der Waals surface area contributed by atoms with Crippen LogP contribution in [0.25, 0.3) is 10.9 Å². The summed E-state index contributed by atoms with van der Waals surface area (Å²) < 4.78 is 0. The van der Waals surface area contributed by atoms with E-state index in [2.05, 4.69) is 17.1 Å². The van der Waals surface area contributed by atoms with Gasteiger partial charge in [-0.25, -0.2) is 0 Å². The summed E-state index contributed by atoms with van der Waals surface area (Å²) in [6.07, 6.45) is 1.88. The van der Waals surface area contributed by atoms with Crippen molar-refractivity contribution in [2.45, 2.75) is 24.9 Å². The molecule has 0 spiro atoms. The molecule has 0 bridgehead atoms. The highest BCUT2D eigenvalue weighted by Crippen LogP contribution is 2.33. The first kappa shape index (κ1) is 9.75. The topological polar surface area (TPSA) is 64.9 Å². The highest BCUT2D eigenvalue weighted by molar-refractivity contribution is 5.79. The average molecular weight is 213 g/mol. The maximum Gasteiger partial charge on any atom is 0.0706 e. The van der Waals surface area contributed by atoms with Gasteiger partial charge in [0.1, 0.15) is 0 Å². The largest absolute Gasteiger partial charge is 0.324 e. The molecule has 1 aliphatic carbocycles. The summed E-state index contributed by atoms with van der Waals surface area (Å²) in [4.78, 5) is 4.64. The van der Waals surface area contributed by atoms with Gasteiger partial charge in [-0.2, -0.15) is 0 Å². The fourth-order valence-corrected chi connectivity index (χ4v) is 2.39. The molecular formula is C13H15N3.